The highest BCUT2D eigenvalue weighted by Gasteiger charge is 2.46. The van der Waals surface area contributed by atoms with Crippen LogP contribution in [0.5, 0.6) is 0 Å². The number of aromatic nitrogens is 2. The number of hydrogen-bond donors (Lipinski definition) is 1. The molecule has 50 heavy (non-hydrogen) atoms. The zero-order valence-electron chi connectivity index (χ0n) is 29.6. The summed E-state index contributed by atoms with van der Waals surface area (Å²) in [6.45, 7) is 16.3. The van der Waals surface area contributed by atoms with E-state index in [9.17, 15) is 31.2 Å². The molecular formula is C37H42N4O7S2. The molecule has 264 valence electrons. The summed E-state index contributed by atoms with van der Waals surface area (Å²) in [6, 6.07) is 24.5. The van der Waals surface area contributed by atoms with E-state index in [1.807, 2.05) is 65.8 Å². The minimum atomic E-state index is -3.67. The first-order valence-electron chi connectivity index (χ1n) is 16.0. The Morgan fingerprint density at radius 3 is 1.66 bits per heavy atom. The van der Waals surface area contributed by atoms with Crippen molar-refractivity contribution >= 4 is 53.3 Å². The first kappa shape index (κ1) is 36.5. The van der Waals surface area contributed by atoms with Gasteiger partial charge in [0.05, 0.1) is 32.6 Å². The highest BCUT2D eigenvalue weighted by Crippen LogP contribution is 2.45. The van der Waals surface area contributed by atoms with E-state index >= 15 is 0 Å². The normalized spacial score (nSPS) is 16.1. The van der Waals surface area contributed by atoms with Crippen molar-refractivity contribution in [3.63, 3.8) is 0 Å². The second-order valence-electron chi connectivity index (χ2n) is 15.1. The van der Waals surface area contributed by atoms with Crippen LogP contribution in [0.4, 0.5) is 5.69 Å². The molecule has 0 saturated heterocycles. The number of anilines is 1. The smallest absolute Gasteiger partial charge is 0.307 e. The quantitative estimate of drug-likeness (QED) is 0.200. The highest BCUT2D eigenvalue weighted by atomic mass is 32.2. The van der Waals surface area contributed by atoms with Crippen LogP contribution in [0.25, 0.3) is 21.7 Å². The summed E-state index contributed by atoms with van der Waals surface area (Å²) in [5.41, 5.74) is -0.704. The van der Waals surface area contributed by atoms with Crippen LogP contribution in [0.1, 0.15) is 72.7 Å². The fraction of sp³-hybridized carbons (Fsp3) is 0.324. The van der Waals surface area contributed by atoms with E-state index in [0.717, 1.165) is 20.8 Å². The third kappa shape index (κ3) is 6.24. The molecule has 0 aliphatic carbocycles. The van der Waals surface area contributed by atoms with Crippen molar-refractivity contribution < 1.29 is 21.6 Å². The van der Waals surface area contributed by atoms with Gasteiger partial charge in [0.2, 0.25) is 0 Å². The monoisotopic (exact) mass is 718 g/mol. The van der Waals surface area contributed by atoms with E-state index in [-0.39, 0.29) is 21.7 Å². The van der Waals surface area contributed by atoms with E-state index in [1.54, 1.807) is 75.4 Å². The van der Waals surface area contributed by atoms with E-state index in [4.69, 9.17) is 0 Å². The van der Waals surface area contributed by atoms with E-state index in [1.165, 1.54) is 14.9 Å². The van der Waals surface area contributed by atoms with Crippen molar-refractivity contribution in [1.29, 1.82) is 0 Å². The van der Waals surface area contributed by atoms with Gasteiger partial charge in [-0.1, -0.05) is 48.5 Å². The molecule has 5 aromatic rings. The van der Waals surface area contributed by atoms with Gasteiger partial charge in [-0.2, -0.15) is 0 Å². The number of benzene rings is 4. The molecular weight excluding hydrogens is 677 g/mol. The molecule has 3 heterocycles. The minimum Gasteiger partial charge on any atom is -0.307 e. The largest absolute Gasteiger partial charge is 0.329 e. The number of amides is 1. The number of nitrogens with one attached hydrogen (secondary N) is 1. The average molecular weight is 719 g/mol. The number of fused-ring (bicyclic) bond motifs is 2. The molecule has 0 bridgehead atoms. The van der Waals surface area contributed by atoms with E-state index < -0.39 is 42.6 Å². The molecule has 0 unspecified atom stereocenters. The third-order valence-electron chi connectivity index (χ3n) is 8.10. The SMILES string of the molecule is CC(C)(C)N1C(=O)c2ccccc2S1(=O)=O.CC(C)(C)N1c2cccc3cccc(c23)S1(=O)=O.CC(C)(C)n1c(=O)[nH]c2ccccc2c1=O. The fourth-order valence-electron chi connectivity index (χ4n) is 6.24. The fourth-order valence-corrected chi connectivity index (χ4v) is 10.2. The standard InChI is InChI=1S/C14H15NO2S.C12H14N2O2.C11H13NO3S/c1-14(2,3)15-11-8-4-6-10-7-5-9-12(13(10)11)18(15,16)17;1-12(2,3)14-10(15)8-6-4-5-7-9(8)13-11(14)16;1-11(2,3)12-10(13)8-6-4-5-7-9(8)16(12,14)15/h4-9H,1-3H3;4-7H,1-3H3,(H,13,16);4-7H,1-3H3. The first-order chi connectivity index (χ1) is 23.0. The topological polar surface area (TPSA) is 147 Å². The molecule has 11 nitrogen and oxygen atoms in total. The Hall–Kier alpha value is -4.75. The van der Waals surface area contributed by atoms with Crippen molar-refractivity contribution in [2.24, 2.45) is 0 Å². The van der Waals surface area contributed by atoms with Crippen LogP contribution < -0.4 is 15.6 Å². The van der Waals surface area contributed by atoms with Gasteiger partial charge in [-0.3, -0.25) is 18.5 Å². The Balaban J connectivity index is 0.000000146. The van der Waals surface area contributed by atoms with Crippen molar-refractivity contribution in [3.8, 4) is 0 Å². The summed E-state index contributed by atoms with van der Waals surface area (Å²) in [5.74, 6) is -0.442. The maximum atomic E-state index is 12.6. The van der Waals surface area contributed by atoms with Crippen LogP contribution in [0.15, 0.2) is 104 Å². The zero-order chi connectivity index (χ0) is 37.2. The van der Waals surface area contributed by atoms with Crippen LogP contribution in [0.3, 0.4) is 0 Å². The molecule has 0 radical (unpaired) electrons. The molecule has 0 atom stereocenters. The predicted octanol–water partition coefficient (Wildman–Crippen LogP) is 6.22. The van der Waals surface area contributed by atoms with Crippen LogP contribution >= 0.6 is 0 Å². The first-order valence-corrected chi connectivity index (χ1v) is 18.9. The lowest BCUT2D eigenvalue weighted by Crippen LogP contribution is -2.45. The molecule has 2 aliphatic rings. The van der Waals surface area contributed by atoms with Crippen LogP contribution in [-0.4, -0.2) is 47.7 Å². The van der Waals surface area contributed by atoms with Gasteiger partial charge in [-0.25, -0.2) is 25.9 Å². The van der Waals surface area contributed by atoms with Crippen molar-refractivity contribution in [3.05, 3.63) is 111 Å². The molecule has 1 N–H and O–H groups in total. The Labute approximate surface area is 292 Å². The minimum absolute atomic E-state index is 0.106. The molecule has 0 spiro atoms. The maximum Gasteiger partial charge on any atom is 0.329 e. The lowest BCUT2D eigenvalue weighted by atomic mass is 10.0. The molecule has 13 heteroatoms. The summed E-state index contributed by atoms with van der Waals surface area (Å²) in [6.07, 6.45) is 0. The number of carbonyl (C=O) groups is 1. The van der Waals surface area contributed by atoms with E-state index in [2.05, 4.69) is 4.98 Å². The molecule has 1 aromatic heterocycles. The summed E-state index contributed by atoms with van der Waals surface area (Å²) in [4.78, 5) is 39.2. The molecule has 4 aromatic carbocycles. The lowest BCUT2D eigenvalue weighted by Gasteiger charge is -2.32. The molecule has 1 amide bonds. The second kappa shape index (κ2) is 12.2. The molecule has 2 aliphatic heterocycles. The number of carbonyl (C=O) groups excluding carboxylic acids is 1. The lowest BCUT2D eigenvalue weighted by molar-refractivity contribution is 0.0787. The van der Waals surface area contributed by atoms with Crippen molar-refractivity contribution in [2.75, 3.05) is 4.31 Å². The summed E-state index contributed by atoms with van der Waals surface area (Å²) < 4.78 is 53.3. The van der Waals surface area contributed by atoms with Gasteiger partial charge in [0.25, 0.3) is 31.5 Å². The van der Waals surface area contributed by atoms with Crippen LogP contribution in [0, 0.1) is 0 Å². The van der Waals surface area contributed by atoms with Gasteiger partial charge in [0.15, 0.2) is 0 Å². The number of aromatic amines is 1. The van der Waals surface area contributed by atoms with Gasteiger partial charge in [-0.05, 0) is 104 Å². The Bertz CT molecular complexity index is 2490. The van der Waals surface area contributed by atoms with Crippen molar-refractivity contribution in [1.82, 2.24) is 13.9 Å². The van der Waals surface area contributed by atoms with Gasteiger partial charge < -0.3 is 4.98 Å². The second-order valence-corrected chi connectivity index (χ2v) is 18.6. The summed E-state index contributed by atoms with van der Waals surface area (Å²) in [7, 11) is -7.09. The number of rotatable bonds is 0. The number of para-hydroxylation sites is 1. The number of nitrogens with zero attached hydrogens (tertiary/aromatic N) is 3. The van der Waals surface area contributed by atoms with Crippen LogP contribution in [0.2, 0.25) is 0 Å². The van der Waals surface area contributed by atoms with Gasteiger partial charge in [-0.15, -0.1) is 0 Å². The predicted molar refractivity (Wildman–Crippen MR) is 197 cm³/mol. The van der Waals surface area contributed by atoms with E-state index in [0.29, 0.717) is 15.8 Å². The highest BCUT2D eigenvalue weighted by molar-refractivity contribution is 7.93. The number of hydrogen-bond acceptors (Lipinski definition) is 7. The van der Waals surface area contributed by atoms with Crippen molar-refractivity contribution in [2.45, 2.75) is 88.7 Å². The van der Waals surface area contributed by atoms with Gasteiger partial charge in [0.1, 0.15) is 4.90 Å². The molecule has 7 rings (SSSR count). The zero-order valence-corrected chi connectivity index (χ0v) is 31.2. The van der Waals surface area contributed by atoms with Gasteiger partial charge >= 0.3 is 5.69 Å². The van der Waals surface area contributed by atoms with Crippen LogP contribution in [-0.2, 0) is 25.6 Å². The number of H-pyrrole nitrogens is 1. The third-order valence-corrected chi connectivity index (χ3v) is 12.3. The summed E-state index contributed by atoms with van der Waals surface area (Å²) >= 11 is 0. The number of sulfonamides is 2. The average Bonchev–Trinajstić information content (AvgIpc) is 3.36. The summed E-state index contributed by atoms with van der Waals surface area (Å²) in [5, 5.41) is 2.35. The molecule has 0 saturated carbocycles. The Morgan fingerprint density at radius 1 is 0.560 bits per heavy atom. The van der Waals surface area contributed by atoms with Gasteiger partial charge in [0, 0.05) is 16.5 Å². The maximum absolute atomic E-state index is 12.6. The Kier molecular flexibility index (Phi) is 8.94. The molecule has 0 fully saturated rings. The Morgan fingerprint density at radius 2 is 1.08 bits per heavy atom.